The molecule has 0 saturated carbocycles. The number of ether oxygens (including phenoxy) is 4. The Balaban J connectivity index is 0.00000168. The summed E-state index contributed by atoms with van der Waals surface area (Å²) in [5.41, 5.74) is 3.68. The quantitative estimate of drug-likeness (QED) is 0.400. The first-order valence-electron chi connectivity index (χ1n) is 8.29. The predicted molar refractivity (Wildman–Crippen MR) is 92.5 cm³/mol. The number of hydrogen-bond acceptors (Lipinski definition) is 4. The third-order valence-corrected chi connectivity index (χ3v) is 5.00. The summed E-state index contributed by atoms with van der Waals surface area (Å²) in [5, 5.41) is 2.17. The lowest BCUT2D eigenvalue weighted by Gasteiger charge is -2.17. The number of halogens is 1. The molecule has 5 rings (SSSR count). The molecule has 3 aromatic rings. The molecule has 3 heterocycles. The number of nitrogens with zero attached hydrogens (tertiary/aromatic N) is 1. The Morgan fingerprint density at radius 3 is 2.58 bits per heavy atom. The molecule has 2 aliphatic rings. The van der Waals surface area contributed by atoms with Gasteiger partial charge in [0.25, 0.3) is 0 Å². The lowest BCUT2D eigenvalue weighted by atomic mass is 9.95. The van der Waals surface area contributed by atoms with Gasteiger partial charge in [0.15, 0.2) is 35.7 Å². The van der Waals surface area contributed by atoms with Crippen molar-refractivity contribution < 1.29 is 47.5 Å². The molecule has 6 heteroatoms. The Morgan fingerprint density at radius 2 is 1.81 bits per heavy atom. The minimum Gasteiger partial charge on any atom is -1.00 e. The highest BCUT2D eigenvalue weighted by molar-refractivity contribution is 5.91. The maximum atomic E-state index is 5.60. The van der Waals surface area contributed by atoms with Gasteiger partial charge in [0.2, 0.25) is 12.5 Å². The zero-order valence-electron chi connectivity index (χ0n) is 14.5. The summed E-state index contributed by atoms with van der Waals surface area (Å²) in [6, 6.07) is 10.4. The van der Waals surface area contributed by atoms with E-state index in [-0.39, 0.29) is 24.0 Å². The number of benzene rings is 2. The van der Waals surface area contributed by atoms with Crippen molar-refractivity contribution in [1.29, 1.82) is 0 Å². The average molecular weight is 463 g/mol. The fraction of sp³-hybridized carbons (Fsp3) is 0.250. The van der Waals surface area contributed by atoms with Crippen molar-refractivity contribution >= 4 is 10.8 Å². The molecule has 0 amide bonds. The Hall–Kier alpha value is -2.22. The molecule has 0 radical (unpaired) electrons. The fourth-order valence-corrected chi connectivity index (χ4v) is 3.77. The van der Waals surface area contributed by atoms with Crippen LogP contribution in [0.4, 0.5) is 0 Å². The predicted octanol–water partition coefficient (Wildman–Crippen LogP) is 0.100. The second-order valence-corrected chi connectivity index (χ2v) is 6.27. The minimum atomic E-state index is 0. The second kappa shape index (κ2) is 6.50. The van der Waals surface area contributed by atoms with Gasteiger partial charge in [-0.05, 0) is 35.2 Å². The lowest BCUT2D eigenvalue weighted by molar-refractivity contribution is -0.686. The molecule has 5 nitrogen and oxygen atoms in total. The topological polar surface area (TPSA) is 40.8 Å². The van der Waals surface area contributed by atoms with Crippen molar-refractivity contribution in [3.63, 3.8) is 0 Å². The van der Waals surface area contributed by atoms with Gasteiger partial charge >= 0.3 is 0 Å². The van der Waals surface area contributed by atoms with Crippen molar-refractivity contribution in [2.45, 2.75) is 13.0 Å². The highest BCUT2D eigenvalue weighted by Gasteiger charge is 2.28. The van der Waals surface area contributed by atoms with E-state index < -0.39 is 0 Å². The molecule has 0 saturated heterocycles. The first-order valence-corrected chi connectivity index (χ1v) is 8.29. The van der Waals surface area contributed by atoms with Crippen molar-refractivity contribution in [2.24, 2.45) is 0 Å². The monoisotopic (exact) mass is 463 g/mol. The van der Waals surface area contributed by atoms with E-state index in [1.165, 1.54) is 16.8 Å². The van der Waals surface area contributed by atoms with Crippen molar-refractivity contribution in [3.8, 4) is 34.3 Å². The van der Waals surface area contributed by atoms with Crippen LogP contribution >= 0.6 is 0 Å². The van der Waals surface area contributed by atoms with Crippen LogP contribution in [0.5, 0.6) is 23.0 Å². The number of fused-ring (bicyclic) bond motifs is 5. The van der Waals surface area contributed by atoms with Gasteiger partial charge in [-0.25, -0.2) is 0 Å². The fourth-order valence-electron chi connectivity index (χ4n) is 3.77. The van der Waals surface area contributed by atoms with Gasteiger partial charge < -0.3 is 42.9 Å². The number of aryl methyl sites for hydroxylation is 2. The third-order valence-electron chi connectivity index (χ3n) is 5.00. The van der Waals surface area contributed by atoms with Crippen LogP contribution in [0, 0.1) is 0 Å². The van der Waals surface area contributed by atoms with E-state index in [4.69, 9.17) is 18.9 Å². The molecule has 1 aromatic heterocycles. The Labute approximate surface area is 168 Å². The molecule has 0 aliphatic carbocycles. The van der Waals surface area contributed by atoms with Crippen LogP contribution in [0.1, 0.15) is 5.56 Å². The van der Waals surface area contributed by atoms with E-state index >= 15 is 0 Å². The van der Waals surface area contributed by atoms with Crippen LogP contribution in [-0.4, -0.2) is 21.0 Å². The normalized spacial score (nSPS) is 13.6. The Morgan fingerprint density at radius 1 is 1.00 bits per heavy atom. The first kappa shape index (κ1) is 17.2. The van der Waals surface area contributed by atoms with Crippen LogP contribution in [-0.2, 0) is 13.0 Å². The van der Waals surface area contributed by atoms with Gasteiger partial charge in [-0.2, -0.15) is 4.57 Å². The summed E-state index contributed by atoms with van der Waals surface area (Å²) >= 11 is 0. The molecule has 0 atom stereocenters. The number of aromatic nitrogens is 1. The molecule has 2 aromatic carbocycles. The van der Waals surface area contributed by atoms with Crippen molar-refractivity contribution in [1.82, 2.24) is 0 Å². The van der Waals surface area contributed by atoms with Gasteiger partial charge in [0.1, 0.15) is 0 Å². The van der Waals surface area contributed by atoms with Gasteiger partial charge in [-0.1, -0.05) is 0 Å². The lowest BCUT2D eigenvalue weighted by Crippen LogP contribution is -3.00. The van der Waals surface area contributed by atoms with Gasteiger partial charge in [0.05, 0.1) is 25.2 Å². The first-order chi connectivity index (χ1) is 12.3. The summed E-state index contributed by atoms with van der Waals surface area (Å²) in [7, 11) is 3.34. The number of rotatable bonds is 2. The standard InChI is InChI=1S/C20H18NO4.HI/c1-22-17-4-3-12-7-16-14-9-19-18(24-11-25-19)8-13(14)5-6-21(16)10-15(12)20(17)23-2;/h3-4,7-10H,5-6,11H2,1-2H3;1H/q+1;/p-1. The minimum absolute atomic E-state index is 0. The summed E-state index contributed by atoms with van der Waals surface area (Å²) in [6.07, 6.45) is 3.11. The Bertz CT molecular complexity index is 1020. The molecule has 0 bridgehead atoms. The van der Waals surface area contributed by atoms with E-state index in [0.29, 0.717) is 6.79 Å². The van der Waals surface area contributed by atoms with E-state index in [1.807, 2.05) is 6.07 Å². The van der Waals surface area contributed by atoms with Crippen molar-refractivity contribution in [3.05, 3.63) is 42.1 Å². The smallest absolute Gasteiger partial charge is 0.231 e. The molecule has 0 spiro atoms. The number of pyridine rings is 1. The summed E-state index contributed by atoms with van der Waals surface area (Å²) in [4.78, 5) is 0. The second-order valence-electron chi connectivity index (χ2n) is 6.27. The van der Waals surface area contributed by atoms with Crippen LogP contribution in [0.25, 0.3) is 22.0 Å². The van der Waals surface area contributed by atoms with Crippen LogP contribution in [0.2, 0.25) is 0 Å². The molecule has 26 heavy (non-hydrogen) atoms. The molecule has 0 fully saturated rings. The molecule has 0 N–H and O–H groups in total. The number of hydrogen-bond donors (Lipinski definition) is 0. The van der Waals surface area contributed by atoms with E-state index in [2.05, 4.69) is 35.0 Å². The van der Waals surface area contributed by atoms with E-state index in [0.717, 1.165) is 46.7 Å². The summed E-state index contributed by atoms with van der Waals surface area (Å²) < 4.78 is 24.4. The zero-order valence-corrected chi connectivity index (χ0v) is 16.7. The van der Waals surface area contributed by atoms with Crippen LogP contribution in [0.15, 0.2) is 36.5 Å². The van der Waals surface area contributed by atoms with Crippen LogP contribution < -0.4 is 47.5 Å². The maximum absolute atomic E-state index is 5.60. The van der Waals surface area contributed by atoms with Crippen molar-refractivity contribution in [2.75, 3.05) is 21.0 Å². The highest BCUT2D eigenvalue weighted by Crippen LogP contribution is 2.41. The Kier molecular flexibility index (Phi) is 4.30. The van der Waals surface area contributed by atoms with Gasteiger partial charge in [-0.3, -0.25) is 0 Å². The molecular formula is C20H18INO4. The van der Waals surface area contributed by atoms with E-state index in [1.54, 1.807) is 14.2 Å². The zero-order chi connectivity index (χ0) is 17.0. The largest absolute Gasteiger partial charge is 1.00 e. The van der Waals surface area contributed by atoms with Crippen LogP contribution in [0.3, 0.4) is 0 Å². The molecule has 0 unspecified atom stereocenters. The summed E-state index contributed by atoms with van der Waals surface area (Å²) in [5.74, 6) is 3.18. The van der Waals surface area contributed by atoms with Gasteiger partial charge in [-0.15, -0.1) is 0 Å². The van der Waals surface area contributed by atoms with E-state index in [9.17, 15) is 0 Å². The molecular weight excluding hydrogens is 445 g/mol. The maximum Gasteiger partial charge on any atom is 0.231 e. The summed E-state index contributed by atoms with van der Waals surface area (Å²) in [6.45, 7) is 1.21. The SMILES string of the molecule is COc1ccc2cc3[n+](cc2c1OC)CCc1cc2c(cc1-3)OCO2.[I-]. The third kappa shape index (κ3) is 2.46. The molecule has 2 aliphatic heterocycles. The average Bonchev–Trinajstić information content (AvgIpc) is 3.11. The molecule has 134 valence electrons. The van der Waals surface area contributed by atoms with Gasteiger partial charge in [0, 0.05) is 12.5 Å². The number of methoxy groups -OCH3 is 2. The highest BCUT2D eigenvalue weighted by atomic mass is 127.